The van der Waals surface area contributed by atoms with Gasteiger partial charge in [0.15, 0.2) is 0 Å². The highest BCUT2D eigenvalue weighted by Gasteiger charge is 2.13. The quantitative estimate of drug-likeness (QED) is 0.321. The van der Waals surface area contributed by atoms with E-state index in [0.717, 1.165) is 52.6 Å². The summed E-state index contributed by atoms with van der Waals surface area (Å²) in [6, 6.07) is 18.6. The van der Waals surface area contributed by atoms with Crippen LogP contribution in [0.25, 0.3) is 11.0 Å². The highest BCUT2D eigenvalue weighted by Crippen LogP contribution is 2.25. The second-order valence-electron chi connectivity index (χ2n) is 7.75. The number of nitrogens with one attached hydrogen (secondary N) is 1. The summed E-state index contributed by atoms with van der Waals surface area (Å²) in [5.74, 6) is 1.59. The van der Waals surface area contributed by atoms with E-state index in [1.807, 2.05) is 36.7 Å². The molecule has 3 N–H and O–H groups in total. The highest BCUT2D eigenvalue weighted by atomic mass is 32.1. The molecule has 0 saturated heterocycles. The van der Waals surface area contributed by atoms with Crippen molar-refractivity contribution in [2.24, 2.45) is 10.7 Å². The Hall–Kier alpha value is -3.16. The van der Waals surface area contributed by atoms with Crippen molar-refractivity contribution in [2.75, 3.05) is 33.0 Å². The molecule has 160 valence electrons. The van der Waals surface area contributed by atoms with Crippen LogP contribution in [-0.4, -0.2) is 48.0 Å². The number of fused-ring (bicyclic) bond motifs is 1. The third-order valence-corrected chi connectivity index (χ3v) is 6.10. The number of aliphatic imine (C=N–C) groups is 1. The summed E-state index contributed by atoms with van der Waals surface area (Å²) < 4.78 is 2.32. The standard InChI is InChI=1S/C24H28N6S/c1-26-18-8-6-17(7-9-18)15-23-28-20-16-19(27-24(25)22-5-4-14-31-22)10-11-21(20)30(23)13-12-29(2)3/h4-11,14,16,26H,12-13,15H2,1-3H3,(H2,25,27). The van der Waals surface area contributed by atoms with Crippen LogP contribution in [0, 0.1) is 0 Å². The molecule has 2 aromatic carbocycles. The molecule has 0 bridgehead atoms. The van der Waals surface area contributed by atoms with Crippen LogP contribution >= 0.6 is 11.3 Å². The number of rotatable bonds is 8. The van der Waals surface area contributed by atoms with Crippen LogP contribution in [0.2, 0.25) is 0 Å². The first-order valence-corrected chi connectivity index (χ1v) is 11.2. The summed E-state index contributed by atoms with van der Waals surface area (Å²) in [6.45, 7) is 1.83. The second-order valence-corrected chi connectivity index (χ2v) is 8.70. The van der Waals surface area contributed by atoms with Crippen LogP contribution in [0.3, 0.4) is 0 Å². The topological polar surface area (TPSA) is 71.5 Å². The molecule has 0 spiro atoms. The fourth-order valence-electron chi connectivity index (χ4n) is 3.51. The lowest BCUT2D eigenvalue weighted by molar-refractivity contribution is 0.384. The molecule has 0 aliphatic rings. The first kappa shape index (κ1) is 21.1. The summed E-state index contributed by atoms with van der Waals surface area (Å²) in [4.78, 5) is 12.8. The molecule has 0 amide bonds. The molecule has 7 heteroatoms. The molecule has 0 saturated carbocycles. The predicted molar refractivity (Wildman–Crippen MR) is 132 cm³/mol. The minimum atomic E-state index is 0.534. The van der Waals surface area contributed by atoms with Gasteiger partial charge < -0.3 is 20.5 Å². The Morgan fingerprint density at radius 3 is 2.65 bits per heavy atom. The number of nitrogens with two attached hydrogens (primary N) is 1. The van der Waals surface area contributed by atoms with E-state index in [9.17, 15) is 0 Å². The Labute approximate surface area is 187 Å². The summed E-state index contributed by atoms with van der Waals surface area (Å²) in [7, 11) is 6.12. The molecule has 0 atom stereocenters. The van der Waals surface area contributed by atoms with Gasteiger partial charge in [-0.2, -0.15) is 0 Å². The van der Waals surface area contributed by atoms with Crippen molar-refractivity contribution in [3.63, 3.8) is 0 Å². The number of hydrogen-bond acceptors (Lipinski definition) is 5. The van der Waals surface area contributed by atoms with Gasteiger partial charge in [-0.15, -0.1) is 11.3 Å². The van der Waals surface area contributed by atoms with Gasteiger partial charge in [0.1, 0.15) is 11.7 Å². The van der Waals surface area contributed by atoms with E-state index in [-0.39, 0.29) is 0 Å². The van der Waals surface area contributed by atoms with Gasteiger partial charge in [-0.1, -0.05) is 18.2 Å². The van der Waals surface area contributed by atoms with E-state index in [2.05, 4.69) is 64.2 Å². The van der Waals surface area contributed by atoms with Gasteiger partial charge in [-0.3, -0.25) is 0 Å². The third-order valence-electron chi connectivity index (χ3n) is 5.21. The van der Waals surface area contributed by atoms with Crippen LogP contribution in [0.5, 0.6) is 0 Å². The fraction of sp³-hybridized carbons (Fsp3) is 0.250. The first-order valence-electron chi connectivity index (χ1n) is 10.3. The molecule has 0 aliphatic heterocycles. The number of benzene rings is 2. The summed E-state index contributed by atoms with van der Waals surface area (Å²) in [5, 5.41) is 5.17. The van der Waals surface area contributed by atoms with Crippen LogP contribution < -0.4 is 11.1 Å². The summed E-state index contributed by atoms with van der Waals surface area (Å²) >= 11 is 1.59. The number of amidine groups is 1. The fourth-order valence-corrected chi connectivity index (χ4v) is 4.14. The minimum Gasteiger partial charge on any atom is -0.388 e. The van der Waals surface area contributed by atoms with Gasteiger partial charge in [0.25, 0.3) is 0 Å². The second kappa shape index (κ2) is 9.32. The molecule has 4 aromatic rings. The van der Waals surface area contributed by atoms with Crippen molar-refractivity contribution in [2.45, 2.75) is 13.0 Å². The van der Waals surface area contributed by atoms with E-state index in [1.165, 1.54) is 5.56 Å². The van der Waals surface area contributed by atoms with Crippen molar-refractivity contribution < 1.29 is 0 Å². The van der Waals surface area contributed by atoms with Gasteiger partial charge in [-0.25, -0.2) is 9.98 Å². The molecule has 0 aliphatic carbocycles. The normalized spacial score (nSPS) is 12.1. The number of aromatic nitrogens is 2. The van der Waals surface area contributed by atoms with Crippen molar-refractivity contribution >= 4 is 39.6 Å². The van der Waals surface area contributed by atoms with Crippen LogP contribution in [-0.2, 0) is 13.0 Å². The Bertz CT molecular complexity index is 1170. The lowest BCUT2D eigenvalue weighted by Gasteiger charge is -2.13. The largest absolute Gasteiger partial charge is 0.388 e. The zero-order chi connectivity index (χ0) is 21.8. The van der Waals surface area contributed by atoms with Gasteiger partial charge in [0.2, 0.25) is 0 Å². The molecule has 2 heterocycles. The molecule has 0 unspecified atom stereocenters. The van der Waals surface area contributed by atoms with Crippen molar-refractivity contribution in [1.82, 2.24) is 14.5 Å². The maximum atomic E-state index is 6.18. The lowest BCUT2D eigenvalue weighted by atomic mass is 10.1. The number of imidazole rings is 1. The van der Waals surface area contributed by atoms with E-state index < -0.39 is 0 Å². The molecule has 31 heavy (non-hydrogen) atoms. The van der Waals surface area contributed by atoms with Crippen molar-refractivity contribution in [3.05, 3.63) is 76.2 Å². The van der Waals surface area contributed by atoms with E-state index >= 15 is 0 Å². The Kier molecular flexibility index (Phi) is 6.34. The highest BCUT2D eigenvalue weighted by molar-refractivity contribution is 7.12. The number of hydrogen-bond donors (Lipinski definition) is 2. The van der Waals surface area contributed by atoms with Gasteiger partial charge in [0.05, 0.1) is 21.6 Å². The number of nitrogens with zero attached hydrogens (tertiary/aromatic N) is 4. The Morgan fingerprint density at radius 1 is 1.16 bits per heavy atom. The van der Waals surface area contributed by atoms with Crippen LogP contribution in [0.15, 0.2) is 65.0 Å². The molecular weight excluding hydrogens is 404 g/mol. The number of thiophene rings is 1. The molecular formula is C24H28N6S. The number of likely N-dealkylation sites (N-methyl/N-ethyl adjacent to an activating group) is 1. The average molecular weight is 433 g/mol. The van der Waals surface area contributed by atoms with Gasteiger partial charge >= 0.3 is 0 Å². The van der Waals surface area contributed by atoms with Crippen LogP contribution in [0.4, 0.5) is 11.4 Å². The zero-order valence-electron chi connectivity index (χ0n) is 18.2. The van der Waals surface area contributed by atoms with Crippen LogP contribution in [0.1, 0.15) is 16.3 Å². The summed E-state index contributed by atoms with van der Waals surface area (Å²) in [6.07, 6.45) is 0.780. The minimum absolute atomic E-state index is 0.534. The molecule has 4 rings (SSSR count). The van der Waals surface area contributed by atoms with Gasteiger partial charge in [0, 0.05) is 32.2 Å². The molecule has 0 fully saturated rings. The van der Waals surface area contributed by atoms with E-state index in [0.29, 0.717) is 5.84 Å². The molecule has 2 aromatic heterocycles. The van der Waals surface area contributed by atoms with Gasteiger partial charge in [-0.05, 0) is 61.4 Å². The average Bonchev–Trinajstić information content (AvgIpc) is 3.41. The Morgan fingerprint density at radius 2 is 1.97 bits per heavy atom. The molecule has 0 radical (unpaired) electrons. The summed E-state index contributed by atoms with van der Waals surface area (Å²) in [5.41, 5.74) is 11.4. The Balaban J connectivity index is 1.69. The van der Waals surface area contributed by atoms with E-state index in [1.54, 1.807) is 11.3 Å². The zero-order valence-corrected chi connectivity index (χ0v) is 19.0. The monoisotopic (exact) mass is 432 g/mol. The van der Waals surface area contributed by atoms with E-state index in [4.69, 9.17) is 10.7 Å². The van der Waals surface area contributed by atoms with Crippen molar-refractivity contribution in [1.29, 1.82) is 0 Å². The first-order chi connectivity index (χ1) is 15.0. The third kappa shape index (κ3) is 4.95. The van der Waals surface area contributed by atoms with Crippen molar-refractivity contribution in [3.8, 4) is 0 Å². The predicted octanol–water partition coefficient (Wildman–Crippen LogP) is 4.33. The SMILES string of the molecule is CNc1ccc(Cc2nc3cc(N=C(N)c4cccs4)ccc3n2CCN(C)C)cc1. The maximum absolute atomic E-state index is 6.18. The number of anilines is 1. The maximum Gasteiger partial charge on any atom is 0.141 e. The smallest absolute Gasteiger partial charge is 0.141 e. The lowest BCUT2D eigenvalue weighted by Crippen LogP contribution is -2.19. The molecule has 6 nitrogen and oxygen atoms in total.